The van der Waals surface area contributed by atoms with Gasteiger partial charge in [0.05, 0.1) is 29.6 Å². The van der Waals surface area contributed by atoms with E-state index in [0.717, 1.165) is 0 Å². The minimum atomic E-state index is -3.25. The molecule has 0 aromatic rings. The third kappa shape index (κ3) is 3.42. The van der Waals surface area contributed by atoms with Crippen LogP contribution in [0.3, 0.4) is 0 Å². The molecule has 0 amide bonds. The molecular formula is C11H20O5S. The van der Waals surface area contributed by atoms with Crippen molar-refractivity contribution in [2.75, 3.05) is 18.1 Å². The summed E-state index contributed by atoms with van der Waals surface area (Å²) in [6.07, 6.45) is 1.11. The molecule has 0 aromatic carbocycles. The van der Waals surface area contributed by atoms with Crippen LogP contribution < -0.4 is 0 Å². The van der Waals surface area contributed by atoms with Crippen molar-refractivity contribution in [3.05, 3.63) is 0 Å². The molecule has 0 saturated carbocycles. The molecule has 0 aliphatic carbocycles. The first kappa shape index (κ1) is 14.4. The number of aliphatic hydroxyl groups is 1. The lowest BCUT2D eigenvalue weighted by Gasteiger charge is -2.36. The average Bonchev–Trinajstić information content (AvgIpc) is 2.16. The average molecular weight is 264 g/mol. The molecule has 6 heteroatoms. The SMILES string of the molecule is CCOC(=O)C(CC)C1(O)CCCS(=O)(=O)C1. The summed E-state index contributed by atoms with van der Waals surface area (Å²) in [6.45, 7) is 3.67. The van der Waals surface area contributed by atoms with E-state index in [0.29, 0.717) is 19.3 Å². The Labute approximate surface area is 102 Å². The van der Waals surface area contributed by atoms with Gasteiger partial charge in [-0.25, -0.2) is 8.42 Å². The van der Waals surface area contributed by atoms with Crippen molar-refractivity contribution < 1.29 is 23.1 Å². The summed E-state index contributed by atoms with van der Waals surface area (Å²) in [5.74, 6) is -1.50. The third-order valence-corrected chi connectivity index (χ3v) is 5.01. The fraction of sp³-hybridized carbons (Fsp3) is 0.909. The van der Waals surface area contributed by atoms with Crippen LogP contribution in [0.1, 0.15) is 33.1 Å². The second-order valence-electron chi connectivity index (χ2n) is 4.51. The third-order valence-electron chi connectivity index (χ3n) is 3.16. The predicted octanol–water partition coefficient (Wildman–Crippen LogP) is 0.515. The lowest BCUT2D eigenvalue weighted by atomic mass is 9.83. The number of hydrogen-bond acceptors (Lipinski definition) is 5. The smallest absolute Gasteiger partial charge is 0.311 e. The Hall–Kier alpha value is -0.620. The maximum absolute atomic E-state index is 11.7. The second-order valence-corrected chi connectivity index (χ2v) is 6.70. The van der Waals surface area contributed by atoms with E-state index >= 15 is 0 Å². The number of carbonyl (C=O) groups excluding carboxylic acids is 1. The number of rotatable bonds is 4. The van der Waals surface area contributed by atoms with Gasteiger partial charge in [-0.15, -0.1) is 0 Å². The van der Waals surface area contributed by atoms with Gasteiger partial charge >= 0.3 is 5.97 Å². The first-order valence-corrected chi connectivity index (χ1v) is 7.76. The Balaban J connectivity index is 2.89. The molecule has 2 unspecified atom stereocenters. The van der Waals surface area contributed by atoms with Gasteiger partial charge in [0, 0.05) is 0 Å². The summed E-state index contributed by atoms with van der Waals surface area (Å²) in [5, 5.41) is 10.4. The number of ether oxygens (including phenoxy) is 1. The highest BCUT2D eigenvalue weighted by Gasteiger charge is 2.46. The highest BCUT2D eigenvalue weighted by Crippen LogP contribution is 2.32. The van der Waals surface area contributed by atoms with Crippen LogP contribution in [0.5, 0.6) is 0 Å². The zero-order valence-electron chi connectivity index (χ0n) is 10.3. The molecule has 1 saturated heterocycles. The van der Waals surface area contributed by atoms with E-state index in [2.05, 4.69) is 0 Å². The van der Waals surface area contributed by atoms with Crippen LogP contribution in [0.4, 0.5) is 0 Å². The minimum absolute atomic E-state index is 0.0918. The molecule has 1 N–H and O–H groups in total. The second kappa shape index (κ2) is 5.35. The van der Waals surface area contributed by atoms with Gasteiger partial charge in [-0.3, -0.25) is 4.79 Å². The van der Waals surface area contributed by atoms with Gasteiger partial charge in [0.15, 0.2) is 9.84 Å². The van der Waals surface area contributed by atoms with E-state index < -0.39 is 27.3 Å². The zero-order chi connectivity index (χ0) is 13.1. The van der Waals surface area contributed by atoms with Gasteiger partial charge < -0.3 is 9.84 Å². The van der Waals surface area contributed by atoms with Crippen LogP contribution in [0.15, 0.2) is 0 Å². The van der Waals surface area contributed by atoms with Crippen molar-refractivity contribution >= 4 is 15.8 Å². The molecule has 2 atom stereocenters. The predicted molar refractivity (Wildman–Crippen MR) is 63.3 cm³/mol. The molecule has 1 fully saturated rings. The van der Waals surface area contributed by atoms with Crippen molar-refractivity contribution in [3.8, 4) is 0 Å². The first-order valence-electron chi connectivity index (χ1n) is 5.94. The number of carbonyl (C=O) groups is 1. The van der Waals surface area contributed by atoms with Crippen molar-refractivity contribution in [1.82, 2.24) is 0 Å². The van der Waals surface area contributed by atoms with E-state index in [-0.39, 0.29) is 18.1 Å². The number of sulfone groups is 1. The molecule has 0 aromatic heterocycles. The minimum Gasteiger partial charge on any atom is -0.466 e. The van der Waals surface area contributed by atoms with Crippen LogP contribution in [0, 0.1) is 5.92 Å². The Bertz CT molecular complexity index is 375. The first-order chi connectivity index (χ1) is 7.84. The molecule has 0 bridgehead atoms. The Morgan fingerprint density at radius 2 is 2.12 bits per heavy atom. The fourth-order valence-corrected chi connectivity index (χ4v) is 4.24. The molecule has 0 radical (unpaired) electrons. The van der Waals surface area contributed by atoms with Crippen LogP contribution in [-0.2, 0) is 19.4 Å². The molecular weight excluding hydrogens is 244 g/mol. The number of esters is 1. The standard InChI is InChI=1S/C11H20O5S/c1-3-9(10(12)16-4-2)11(13)6-5-7-17(14,15)8-11/h9,13H,3-8H2,1-2H3. The van der Waals surface area contributed by atoms with Gasteiger partial charge in [-0.2, -0.15) is 0 Å². The number of hydrogen-bond donors (Lipinski definition) is 1. The van der Waals surface area contributed by atoms with Crippen molar-refractivity contribution in [1.29, 1.82) is 0 Å². The maximum atomic E-state index is 11.7. The van der Waals surface area contributed by atoms with E-state index in [9.17, 15) is 18.3 Å². The lowest BCUT2D eigenvalue weighted by molar-refractivity contribution is -0.157. The van der Waals surface area contributed by atoms with Gasteiger partial charge in [-0.05, 0) is 26.2 Å². The molecule has 1 heterocycles. The summed E-state index contributed by atoms with van der Waals surface area (Å²) in [7, 11) is -3.25. The van der Waals surface area contributed by atoms with Crippen LogP contribution in [0.2, 0.25) is 0 Å². The highest BCUT2D eigenvalue weighted by molar-refractivity contribution is 7.91. The normalized spacial score (nSPS) is 29.6. The van der Waals surface area contributed by atoms with Gasteiger partial charge in [0.25, 0.3) is 0 Å². The summed E-state index contributed by atoms with van der Waals surface area (Å²) in [5.41, 5.74) is -1.46. The summed E-state index contributed by atoms with van der Waals surface area (Å²) < 4.78 is 28.0. The van der Waals surface area contributed by atoms with E-state index in [1.165, 1.54) is 0 Å². The van der Waals surface area contributed by atoms with Crippen molar-refractivity contribution in [2.45, 2.75) is 38.7 Å². The monoisotopic (exact) mass is 264 g/mol. The highest BCUT2D eigenvalue weighted by atomic mass is 32.2. The Morgan fingerprint density at radius 3 is 2.59 bits per heavy atom. The molecule has 1 rings (SSSR count). The molecule has 5 nitrogen and oxygen atoms in total. The quantitative estimate of drug-likeness (QED) is 0.748. The fourth-order valence-electron chi connectivity index (χ4n) is 2.41. The van der Waals surface area contributed by atoms with Crippen LogP contribution in [0.25, 0.3) is 0 Å². The summed E-state index contributed by atoms with van der Waals surface area (Å²) in [6, 6.07) is 0. The van der Waals surface area contributed by atoms with Crippen molar-refractivity contribution in [3.63, 3.8) is 0 Å². The van der Waals surface area contributed by atoms with E-state index in [4.69, 9.17) is 4.74 Å². The van der Waals surface area contributed by atoms with E-state index in [1.807, 2.05) is 0 Å². The lowest BCUT2D eigenvalue weighted by Crippen LogP contribution is -2.51. The van der Waals surface area contributed by atoms with Crippen LogP contribution in [-0.4, -0.2) is 43.2 Å². The topological polar surface area (TPSA) is 80.7 Å². The Morgan fingerprint density at radius 1 is 1.47 bits per heavy atom. The van der Waals surface area contributed by atoms with Gasteiger partial charge in [-0.1, -0.05) is 6.92 Å². The van der Waals surface area contributed by atoms with Crippen LogP contribution >= 0.6 is 0 Å². The molecule has 100 valence electrons. The summed E-state index contributed by atoms with van der Waals surface area (Å²) >= 11 is 0. The van der Waals surface area contributed by atoms with Gasteiger partial charge in [0.1, 0.15) is 0 Å². The molecule has 1 aliphatic heterocycles. The molecule has 17 heavy (non-hydrogen) atoms. The zero-order valence-corrected chi connectivity index (χ0v) is 11.1. The van der Waals surface area contributed by atoms with Crippen molar-refractivity contribution in [2.24, 2.45) is 5.92 Å². The van der Waals surface area contributed by atoms with E-state index in [1.54, 1.807) is 13.8 Å². The largest absolute Gasteiger partial charge is 0.466 e. The molecule has 1 aliphatic rings. The van der Waals surface area contributed by atoms with Gasteiger partial charge in [0.2, 0.25) is 0 Å². The molecule has 0 spiro atoms. The maximum Gasteiger partial charge on any atom is 0.311 e. The summed E-state index contributed by atoms with van der Waals surface area (Å²) in [4.78, 5) is 11.7. The Kier molecular flexibility index (Phi) is 4.55.